The molecule has 1 saturated heterocycles. The molecule has 210 valence electrons. The molecule has 2 aromatic rings. The van der Waals surface area contributed by atoms with Crippen molar-refractivity contribution in [1.82, 2.24) is 25.1 Å². The van der Waals surface area contributed by atoms with Crippen LogP contribution in [0, 0.1) is 0 Å². The second kappa shape index (κ2) is 10.5. The molecule has 1 fully saturated rings. The van der Waals surface area contributed by atoms with E-state index in [0.29, 0.717) is 24.4 Å². The highest BCUT2D eigenvalue weighted by atomic mass is 32.2. The topological polar surface area (TPSA) is 201 Å². The van der Waals surface area contributed by atoms with Gasteiger partial charge >= 0.3 is 11.9 Å². The first kappa shape index (κ1) is 27.6. The Balaban J connectivity index is 1.33. The number of thioether (sulfide) groups is 1. The number of aromatic nitrogens is 2. The van der Waals surface area contributed by atoms with Gasteiger partial charge < -0.3 is 31.0 Å². The SMILES string of the molecule is CC(C)(O/N=C(\C(=O)NC1C(=O)N2C(C(=O)O)=C(CN3C=Cc4scnc4C3)CS[C@H]12)c1csc(N)n1)C(=O)O. The molecule has 0 bridgehead atoms. The normalized spacial score (nSPS) is 20.6. The third kappa shape index (κ3) is 5.14. The zero-order valence-electron chi connectivity index (χ0n) is 21.1. The van der Waals surface area contributed by atoms with Crippen LogP contribution in [0.4, 0.5) is 5.13 Å². The van der Waals surface area contributed by atoms with Crippen LogP contribution in [0.2, 0.25) is 0 Å². The number of thiazole rings is 2. The van der Waals surface area contributed by atoms with Crippen LogP contribution in [0.25, 0.3) is 6.08 Å². The number of aliphatic carboxylic acids is 2. The monoisotopic (exact) mass is 605 g/mol. The zero-order valence-corrected chi connectivity index (χ0v) is 23.5. The highest BCUT2D eigenvalue weighted by molar-refractivity contribution is 8.00. The maximum atomic E-state index is 13.2. The molecule has 2 aromatic heterocycles. The van der Waals surface area contributed by atoms with Crippen molar-refractivity contribution in [2.45, 2.75) is 37.4 Å². The van der Waals surface area contributed by atoms with E-state index in [1.807, 2.05) is 17.2 Å². The lowest BCUT2D eigenvalue weighted by atomic mass is 10.0. The largest absolute Gasteiger partial charge is 0.478 e. The van der Waals surface area contributed by atoms with Crippen molar-refractivity contribution in [3.8, 4) is 0 Å². The van der Waals surface area contributed by atoms with E-state index in [1.54, 1.807) is 5.51 Å². The van der Waals surface area contributed by atoms with Crippen molar-refractivity contribution in [3.05, 3.63) is 44.6 Å². The first-order valence-corrected chi connectivity index (χ1v) is 14.5. The van der Waals surface area contributed by atoms with E-state index in [0.717, 1.165) is 21.9 Å². The highest BCUT2D eigenvalue weighted by Gasteiger charge is 2.54. The Labute approximate surface area is 239 Å². The second-order valence-electron chi connectivity index (χ2n) is 9.42. The Hall–Kier alpha value is -3.96. The molecule has 5 N–H and O–H groups in total. The van der Waals surface area contributed by atoms with E-state index in [1.165, 1.54) is 47.2 Å². The molecule has 0 radical (unpaired) electrons. The van der Waals surface area contributed by atoms with Gasteiger partial charge in [-0.25, -0.2) is 19.6 Å². The van der Waals surface area contributed by atoms with E-state index in [2.05, 4.69) is 20.4 Å². The summed E-state index contributed by atoms with van der Waals surface area (Å²) in [6, 6.07) is -1.05. The lowest BCUT2D eigenvalue weighted by Gasteiger charge is -2.49. The number of amides is 2. The van der Waals surface area contributed by atoms with Crippen LogP contribution in [-0.4, -0.2) is 88.8 Å². The van der Waals surface area contributed by atoms with Gasteiger partial charge in [0.2, 0.25) is 5.60 Å². The predicted octanol–water partition coefficient (Wildman–Crippen LogP) is 0.991. The smallest absolute Gasteiger partial charge is 0.352 e. The van der Waals surface area contributed by atoms with Crippen LogP contribution < -0.4 is 11.1 Å². The van der Waals surface area contributed by atoms with Gasteiger partial charge in [-0.3, -0.25) is 14.5 Å². The molecule has 2 atom stereocenters. The molecule has 40 heavy (non-hydrogen) atoms. The lowest BCUT2D eigenvalue weighted by Crippen LogP contribution is -2.71. The van der Waals surface area contributed by atoms with Gasteiger partial charge in [-0.1, -0.05) is 5.16 Å². The Morgan fingerprint density at radius 2 is 2.08 bits per heavy atom. The number of hydrogen-bond acceptors (Lipinski definition) is 13. The quantitative estimate of drug-likeness (QED) is 0.180. The van der Waals surface area contributed by atoms with Crippen molar-refractivity contribution in [2.75, 3.05) is 18.0 Å². The van der Waals surface area contributed by atoms with Gasteiger partial charge in [0.1, 0.15) is 22.8 Å². The van der Waals surface area contributed by atoms with E-state index in [9.17, 15) is 29.4 Å². The van der Waals surface area contributed by atoms with E-state index >= 15 is 0 Å². The molecule has 0 saturated carbocycles. The molecule has 3 aliphatic heterocycles. The van der Waals surface area contributed by atoms with Crippen LogP contribution >= 0.6 is 34.4 Å². The highest BCUT2D eigenvalue weighted by Crippen LogP contribution is 2.41. The summed E-state index contributed by atoms with van der Waals surface area (Å²) < 4.78 is 0. The van der Waals surface area contributed by atoms with Gasteiger partial charge in [-0.2, -0.15) is 0 Å². The number of nitrogen functional groups attached to an aromatic ring is 1. The lowest BCUT2D eigenvalue weighted by molar-refractivity contribution is -0.161. The number of carboxylic acid groups (broad SMARTS) is 2. The average molecular weight is 606 g/mol. The Bertz CT molecular complexity index is 1490. The Morgan fingerprint density at radius 3 is 2.75 bits per heavy atom. The molecule has 5 heterocycles. The van der Waals surface area contributed by atoms with Gasteiger partial charge in [0.15, 0.2) is 10.8 Å². The maximum absolute atomic E-state index is 13.2. The molecule has 1 unspecified atom stereocenters. The fraction of sp³-hybridized carbons (Fsp3) is 0.348. The summed E-state index contributed by atoms with van der Waals surface area (Å²) >= 11 is 3.89. The number of oxime groups is 1. The van der Waals surface area contributed by atoms with Gasteiger partial charge in [-0.05, 0) is 25.5 Å². The summed E-state index contributed by atoms with van der Waals surface area (Å²) in [5.74, 6) is -3.67. The standard InChI is InChI=1S/C23H23N7O7S3/c1-23(2,21(35)36)37-28-14(12-8-39-22(24)26-12)17(31)27-15-18(32)30-16(20(33)34)10(7-38-19(15)30)5-29-4-3-13-11(6-29)25-9-40-13/h3-4,8-9,15,19H,5-7H2,1-2H3,(H2,24,26)(H,27,31)(H,33,34)(H,35,36)/b28-14-/t15?,19-/m1/s1. The van der Waals surface area contributed by atoms with Crippen molar-refractivity contribution in [3.63, 3.8) is 0 Å². The minimum atomic E-state index is -1.75. The summed E-state index contributed by atoms with van der Waals surface area (Å²) in [4.78, 5) is 67.7. The van der Waals surface area contributed by atoms with Gasteiger partial charge in [0, 0.05) is 23.9 Å². The summed E-state index contributed by atoms with van der Waals surface area (Å²) in [5.41, 5.74) is 6.72. The first-order valence-electron chi connectivity index (χ1n) is 11.7. The number of nitrogens with one attached hydrogen (secondary N) is 1. The van der Waals surface area contributed by atoms with Crippen LogP contribution in [0.5, 0.6) is 0 Å². The summed E-state index contributed by atoms with van der Waals surface area (Å²) in [6.07, 6.45) is 3.80. The van der Waals surface area contributed by atoms with Crippen LogP contribution in [0.3, 0.4) is 0 Å². The molecule has 0 spiro atoms. The number of nitrogens with two attached hydrogens (primary N) is 1. The van der Waals surface area contributed by atoms with Gasteiger partial charge in [-0.15, -0.1) is 34.4 Å². The number of anilines is 1. The van der Waals surface area contributed by atoms with E-state index < -0.39 is 40.8 Å². The molecular weight excluding hydrogens is 582 g/mol. The fourth-order valence-electron chi connectivity index (χ4n) is 4.12. The molecule has 3 aliphatic rings. The second-order valence-corrected chi connectivity index (χ2v) is 12.3. The predicted molar refractivity (Wildman–Crippen MR) is 147 cm³/mol. The molecule has 2 amide bonds. The summed E-state index contributed by atoms with van der Waals surface area (Å²) in [7, 11) is 0. The number of carbonyl (C=O) groups is 4. The van der Waals surface area contributed by atoms with Crippen LogP contribution in [0.1, 0.15) is 30.1 Å². The Morgan fingerprint density at radius 1 is 1.30 bits per heavy atom. The van der Waals surface area contributed by atoms with E-state index in [4.69, 9.17) is 10.6 Å². The zero-order chi connectivity index (χ0) is 28.8. The molecular formula is C23H23N7O7S3. The molecule has 0 aromatic carbocycles. The summed E-state index contributed by atoms with van der Waals surface area (Å²) in [6.45, 7) is 3.33. The van der Waals surface area contributed by atoms with Crippen molar-refractivity contribution in [1.29, 1.82) is 0 Å². The van der Waals surface area contributed by atoms with Crippen molar-refractivity contribution < 1.29 is 34.2 Å². The Kier molecular flexibility index (Phi) is 7.28. The number of rotatable bonds is 9. The summed E-state index contributed by atoms with van der Waals surface area (Å²) in [5, 5.41) is 26.5. The number of nitrogens with zero attached hydrogens (tertiary/aromatic N) is 5. The number of carbonyl (C=O) groups excluding carboxylic acids is 2. The minimum absolute atomic E-state index is 0.0346. The first-order chi connectivity index (χ1) is 19.0. The third-order valence-corrected chi connectivity index (χ3v) is 9.10. The van der Waals surface area contributed by atoms with Crippen molar-refractivity contribution >= 4 is 75.1 Å². The minimum Gasteiger partial charge on any atom is -0.478 e. The molecule has 14 nitrogen and oxygen atoms in total. The fourth-order valence-corrected chi connectivity index (χ4v) is 6.69. The average Bonchev–Trinajstić information content (AvgIpc) is 3.55. The number of β-lactam (4-membered cyclic amide) rings is 1. The number of fused-ring (bicyclic) bond motifs is 2. The van der Waals surface area contributed by atoms with Gasteiger partial charge in [0.05, 0.1) is 22.6 Å². The third-order valence-electron chi connectivity index (χ3n) is 6.25. The molecule has 0 aliphatic carbocycles. The molecule has 17 heteroatoms. The van der Waals surface area contributed by atoms with Gasteiger partial charge in [0.25, 0.3) is 11.8 Å². The maximum Gasteiger partial charge on any atom is 0.352 e. The number of carboxylic acids is 2. The van der Waals surface area contributed by atoms with Crippen LogP contribution in [0.15, 0.2) is 33.5 Å². The van der Waals surface area contributed by atoms with Crippen LogP contribution in [-0.2, 0) is 30.6 Å². The van der Waals surface area contributed by atoms with E-state index in [-0.39, 0.29) is 22.2 Å². The number of hydrogen-bond donors (Lipinski definition) is 4. The molecule has 5 rings (SSSR count). The van der Waals surface area contributed by atoms with Crippen molar-refractivity contribution in [2.24, 2.45) is 5.16 Å².